The van der Waals surface area contributed by atoms with Crippen molar-refractivity contribution in [2.24, 2.45) is 0 Å². The summed E-state index contributed by atoms with van der Waals surface area (Å²) in [6, 6.07) is 62.4. The van der Waals surface area contributed by atoms with E-state index in [1.54, 1.807) is 0 Å². The standard InChI is InChI=1S/C53H42N2/c1-4-36(37-16-7-5-8-17-37)19-15-31-54(41-28-27-39-26-25-38-18-11-12-22-43(38)46(39)32-41)42-29-30-44-47-35-52-48(34-50(47)53(2,3)49(44)33-42)45-23-13-14-24-51(45)55(52)40-20-9-6-10-21-40/h4-30,32-35H,31H2,1-3H3/b19-15-,36-4+. The lowest BCUT2D eigenvalue weighted by molar-refractivity contribution is 0.661. The molecule has 0 radical (unpaired) electrons. The van der Waals surface area contributed by atoms with Crippen molar-refractivity contribution in [3.63, 3.8) is 0 Å². The second-order valence-corrected chi connectivity index (χ2v) is 15.3. The van der Waals surface area contributed by atoms with Gasteiger partial charge in [0.05, 0.1) is 11.0 Å². The largest absolute Gasteiger partial charge is 0.338 e. The van der Waals surface area contributed by atoms with E-state index in [2.05, 4.69) is 218 Å². The maximum absolute atomic E-state index is 2.48. The van der Waals surface area contributed by atoms with E-state index in [0.717, 1.165) is 6.54 Å². The summed E-state index contributed by atoms with van der Waals surface area (Å²) in [5, 5.41) is 7.65. The SMILES string of the molecule is C/C=C(\C=C/CN(c1ccc2c(c1)C(C)(C)c1cc3c4ccccc4n(-c4ccccc4)c3cc1-2)c1ccc2ccc3ccccc3c2c1)c1ccccc1. The van der Waals surface area contributed by atoms with Crippen molar-refractivity contribution in [2.75, 3.05) is 11.4 Å². The van der Waals surface area contributed by atoms with Gasteiger partial charge in [-0.05, 0) is 116 Å². The van der Waals surface area contributed by atoms with Crippen molar-refractivity contribution in [3.05, 3.63) is 205 Å². The Balaban J connectivity index is 1.12. The first kappa shape index (κ1) is 33.0. The molecule has 8 aromatic carbocycles. The van der Waals surface area contributed by atoms with Crippen molar-refractivity contribution >= 4 is 60.3 Å². The molecule has 0 atom stereocenters. The van der Waals surface area contributed by atoms with Crippen LogP contribution in [0.2, 0.25) is 0 Å². The van der Waals surface area contributed by atoms with Crippen molar-refractivity contribution in [2.45, 2.75) is 26.2 Å². The third-order valence-corrected chi connectivity index (χ3v) is 11.8. The number of hydrogen-bond acceptors (Lipinski definition) is 1. The van der Waals surface area contributed by atoms with Crippen LogP contribution in [0.15, 0.2) is 188 Å². The maximum Gasteiger partial charge on any atom is 0.0547 e. The van der Waals surface area contributed by atoms with Gasteiger partial charge in [0.2, 0.25) is 0 Å². The average Bonchev–Trinajstić information content (AvgIpc) is 3.67. The van der Waals surface area contributed by atoms with Crippen LogP contribution in [0.25, 0.3) is 65.7 Å². The minimum Gasteiger partial charge on any atom is -0.338 e. The summed E-state index contributed by atoms with van der Waals surface area (Å²) in [5.74, 6) is 0. The molecule has 264 valence electrons. The second-order valence-electron chi connectivity index (χ2n) is 15.3. The van der Waals surface area contributed by atoms with Crippen LogP contribution in [-0.4, -0.2) is 11.1 Å². The van der Waals surface area contributed by atoms with E-state index in [4.69, 9.17) is 0 Å². The van der Waals surface area contributed by atoms with Gasteiger partial charge in [-0.2, -0.15) is 0 Å². The molecule has 0 spiro atoms. The molecule has 0 saturated carbocycles. The van der Waals surface area contributed by atoms with Gasteiger partial charge in [-0.1, -0.05) is 147 Å². The van der Waals surface area contributed by atoms with Gasteiger partial charge >= 0.3 is 0 Å². The molecule has 0 aliphatic heterocycles. The zero-order valence-electron chi connectivity index (χ0n) is 31.5. The number of rotatable bonds is 7. The molecule has 1 aliphatic rings. The van der Waals surface area contributed by atoms with Crippen molar-refractivity contribution in [1.29, 1.82) is 0 Å². The van der Waals surface area contributed by atoms with Gasteiger partial charge in [0.1, 0.15) is 0 Å². The predicted octanol–water partition coefficient (Wildman–Crippen LogP) is 14.2. The van der Waals surface area contributed by atoms with Gasteiger partial charge in [-0.15, -0.1) is 0 Å². The van der Waals surface area contributed by atoms with Crippen molar-refractivity contribution in [1.82, 2.24) is 4.57 Å². The molecule has 55 heavy (non-hydrogen) atoms. The summed E-state index contributed by atoms with van der Waals surface area (Å²) < 4.78 is 2.43. The fourth-order valence-electron chi connectivity index (χ4n) is 9.00. The van der Waals surface area contributed by atoms with Crippen LogP contribution < -0.4 is 4.90 Å². The first-order chi connectivity index (χ1) is 27.0. The fraction of sp³-hybridized carbons (Fsp3) is 0.0943. The molecule has 0 fully saturated rings. The smallest absolute Gasteiger partial charge is 0.0547 e. The molecule has 2 nitrogen and oxygen atoms in total. The Bertz CT molecular complexity index is 2980. The van der Waals surface area contributed by atoms with Crippen LogP contribution >= 0.6 is 0 Å². The van der Waals surface area contributed by atoms with Crippen LogP contribution in [0, 0.1) is 0 Å². The Morgan fingerprint density at radius 1 is 0.545 bits per heavy atom. The first-order valence-corrected chi connectivity index (χ1v) is 19.3. The number of fused-ring (bicyclic) bond motifs is 9. The number of aromatic nitrogens is 1. The van der Waals surface area contributed by atoms with E-state index in [1.807, 2.05) is 0 Å². The monoisotopic (exact) mass is 706 g/mol. The minimum absolute atomic E-state index is 0.183. The molecule has 1 aliphatic carbocycles. The average molecular weight is 707 g/mol. The molecule has 2 heteroatoms. The van der Waals surface area contributed by atoms with E-state index in [1.165, 1.54) is 93.8 Å². The summed E-state index contributed by atoms with van der Waals surface area (Å²) in [7, 11) is 0. The highest BCUT2D eigenvalue weighted by molar-refractivity contribution is 6.12. The molecule has 0 N–H and O–H groups in total. The van der Waals surface area contributed by atoms with E-state index >= 15 is 0 Å². The van der Waals surface area contributed by atoms with Crippen LogP contribution in [0.3, 0.4) is 0 Å². The minimum atomic E-state index is -0.183. The molecule has 0 unspecified atom stereocenters. The van der Waals surface area contributed by atoms with Crippen LogP contribution in [-0.2, 0) is 5.41 Å². The Labute approximate surface area is 322 Å². The molecular formula is C53H42N2. The zero-order chi connectivity index (χ0) is 37.1. The van der Waals surface area contributed by atoms with Gasteiger partial charge < -0.3 is 9.47 Å². The first-order valence-electron chi connectivity index (χ1n) is 19.3. The summed E-state index contributed by atoms with van der Waals surface area (Å²) >= 11 is 0. The number of anilines is 2. The summed E-state index contributed by atoms with van der Waals surface area (Å²) in [6.45, 7) is 7.64. The van der Waals surface area contributed by atoms with Gasteiger partial charge in [0.15, 0.2) is 0 Å². The van der Waals surface area contributed by atoms with Gasteiger partial charge in [0.25, 0.3) is 0 Å². The number of hydrogen-bond donors (Lipinski definition) is 0. The fourth-order valence-corrected chi connectivity index (χ4v) is 9.00. The molecule has 0 bridgehead atoms. The topological polar surface area (TPSA) is 8.17 Å². The quantitative estimate of drug-likeness (QED) is 0.118. The lowest BCUT2D eigenvalue weighted by atomic mass is 9.82. The van der Waals surface area contributed by atoms with Crippen LogP contribution in [0.5, 0.6) is 0 Å². The number of nitrogens with zero attached hydrogens (tertiary/aromatic N) is 2. The van der Waals surface area contributed by atoms with E-state index in [9.17, 15) is 0 Å². The van der Waals surface area contributed by atoms with Gasteiger partial charge in [-0.3, -0.25) is 0 Å². The van der Waals surface area contributed by atoms with Gasteiger partial charge in [-0.25, -0.2) is 0 Å². The number of benzene rings is 8. The van der Waals surface area contributed by atoms with E-state index in [0.29, 0.717) is 0 Å². The number of allylic oxidation sites excluding steroid dienone is 3. The Kier molecular flexibility index (Phi) is 7.81. The Morgan fingerprint density at radius 3 is 1.98 bits per heavy atom. The van der Waals surface area contributed by atoms with E-state index < -0.39 is 0 Å². The third kappa shape index (κ3) is 5.40. The number of para-hydroxylation sites is 2. The van der Waals surface area contributed by atoms with Gasteiger partial charge in [0, 0.05) is 39.8 Å². The van der Waals surface area contributed by atoms with Crippen LogP contribution in [0.4, 0.5) is 11.4 Å². The molecule has 0 amide bonds. The highest BCUT2D eigenvalue weighted by atomic mass is 15.1. The summed E-state index contributed by atoms with van der Waals surface area (Å²) in [6.07, 6.45) is 6.77. The molecular weight excluding hydrogens is 665 g/mol. The normalized spacial score (nSPS) is 13.6. The summed E-state index contributed by atoms with van der Waals surface area (Å²) in [5.41, 5.74) is 13.7. The lowest BCUT2D eigenvalue weighted by Gasteiger charge is -2.27. The molecule has 0 saturated heterocycles. The zero-order valence-corrected chi connectivity index (χ0v) is 31.5. The molecule has 1 aromatic heterocycles. The highest BCUT2D eigenvalue weighted by Gasteiger charge is 2.37. The Hall–Kier alpha value is -6.64. The maximum atomic E-state index is 2.48. The van der Waals surface area contributed by atoms with Crippen molar-refractivity contribution < 1.29 is 0 Å². The Morgan fingerprint density at radius 2 is 1.18 bits per heavy atom. The second kappa shape index (κ2) is 13.0. The predicted molar refractivity (Wildman–Crippen MR) is 236 cm³/mol. The van der Waals surface area contributed by atoms with Crippen LogP contribution in [0.1, 0.15) is 37.5 Å². The molecule has 10 rings (SSSR count). The van der Waals surface area contributed by atoms with Crippen molar-refractivity contribution in [3.8, 4) is 16.8 Å². The highest BCUT2D eigenvalue weighted by Crippen LogP contribution is 2.52. The third-order valence-electron chi connectivity index (χ3n) is 11.8. The molecule has 9 aromatic rings. The lowest BCUT2D eigenvalue weighted by Crippen LogP contribution is -2.19. The molecule has 1 heterocycles. The van der Waals surface area contributed by atoms with E-state index in [-0.39, 0.29) is 5.41 Å². The summed E-state index contributed by atoms with van der Waals surface area (Å²) in [4.78, 5) is 2.47.